The number of halogens is 13. The minimum Gasteiger partial charge on any atom is -0.743 e. The summed E-state index contributed by atoms with van der Waals surface area (Å²) in [6.07, 6.45) is -11.8. The molecule has 0 aliphatic rings. The van der Waals surface area contributed by atoms with Gasteiger partial charge in [-0.05, 0) is 0 Å². The van der Waals surface area contributed by atoms with E-state index < -0.39 is 58.1 Å². The molecule has 18 heteroatoms. The van der Waals surface area contributed by atoms with Crippen LogP contribution in [0.2, 0.25) is 0 Å². The van der Waals surface area contributed by atoms with Gasteiger partial charge in [0.25, 0.3) is 0 Å². The molecule has 0 fully saturated rings. The monoisotopic (exact) mass is 434 g/mol. The van der Waals surface area contributed by atoms with E-state index in [2.05, 4.69) is 0 Å². The molecule has 0 aromatic carbocycles. The van der Waals surface area contributed by atoms with E-state index in [1.165, 1.54) is 0 Å². The second kappa shape index (κ2) is 7.21. The van der Waals surface area contributed by atoms with Gasteiger partial charge < -0.3 is 4.55 Å². The molecule has 0 aliphatic heterocycles. The SMILES string of the molecule is O=S(=O)([O-])C(F)(F)C(F)(F)C(F)(F)C(F)(F)C(F)(F)CCC(F)(F)F.[Li+]. The Hall–Kier alpha value is -0.403. The Labute approximate surface area is 147 Å². The minimum atomic E-state index is -7.92. The molecular weight excluding hydrogens is 430 g/mol. The maximum Gasteiger partial charge on any atom is 1.00 e. The Kier molecular flexibility index (Phi) is 7.71. The van der Waals surface area contributed by atoms with Crippen LogP contribution in [0.25, 0.3) is 0 Å². The fraction of sp³-hybridized carbons (Fsp3) is 1.00. The molecule has 0 amide bonds. The molecule has 0 spiro atoms. The zero-order chi connectivity index (χ0) is 20.9. The number of alkyl halides is 13. The summed E-state index contributed by atoms with van der Waals surface area (Å²) in [7, 11) is -7.76. The van der Waals surface area contributed by atoms with Gasteiger partial charge in [-0.1, -0.05) is 0 Å². The fourth-order valence-electron chi connectivity index (χ4n) is 1.22. The molecule has 0 radical (unpaired) electrons. The van der Waals surface area contributed by atoms with E-state index in [-0.39, 0.29) is 18.9 Å². The van der Waals surface area contributed by atoms with Crippen LogP contribution in [0.3, 0.4) is 0 Å². The van der Waals surface area contributed by atoms with Crippen LogP contribution in [0, 0.1) is 0 Å². The maximum atomic E-state index is 13.0. The Balaban J connectivity index is 0. The van der Waals surface area contributed by atoms with E-state index in [1.807, 2.05) is 0 Å². The third-order valence-electron chi connectivity index (χ3n) is 2.65. The van der Waals surface area contributed by atoms with Gasteiger partial charge in [0, 0.05) is 12.8 Å². The topological polar surface area (TPSA) is 57.2 Å². The molecule has 0 saturated heterocycles. The van der Waals surface area contributed by atoms with Crippen molar-refractivity contribution in [2.45, 2.75) is 48.0 Å². The molecule has 0 N–H and O–H groups in total. The van der Waals surface area contributed by atoms with Crippen LogP contribution >= 0.6 is 0 Å². The molecule has 0 heterocycles. The van der Waals surface area contributed by atoms with E-state index in [0.717, 1.165) is 0 Å². The number of rotatable bonds is 7. The summed E-state index contributed by atoms with van der Waals surface area (Å²) in [6.45, 7) is 0. The number of hydrogen-bond donors (Lipinski definition) is 0. The Morgan fingerprint density at radius 3 is 1.23 bits per heavy atom. The first kappa shape index (κ1) is 27.8. The maximum absolute atomic E-state index is 13.0. The average molecular weight is 434 g/mol. The fourth-order valence-corrected chi connectivity index (χ4v) is 1.66. The summed E-state index contributed by atoms with van der Waals surface area (Å²) >= 11 is 0. The summed E-state index contributed by atoms with van der Waals surface area (Å²) in [4.78, 5) is 0. The number of hydrogen-bond acceptors (Lipinski definition) is 3. The largest absolute Gasteiger partial charge is 1.00 e. The van der Waals surface area contributed by atoms with E-state index in [4.69, 9.17) is 0 Å². The van der Waals surface area contributed by atoms with Crippen molar-refractivity contribution in [1.82, 2.24) is 0 Å². The van der Waals surface area contributed by atoms with Gasteiger partial charge >= 0.3 is 54.0 Å². The van der Waals surface area contributed by atoms with Gasteiger partial charge in [-0.15, -0.1) is 0 Å². The molecular formula is C8H4F13LiO3S. The molecule has 3 nitrogen and oxygen atoms in total. The molecule has 26 heavy (non-hydrogen) atoms. The molecule has 0 aromatic heterocycles. The van der Waals surface area contributed by atoms with Gasteiger partial charge in [-0.3, -0.25) is 0 Å². The summed E-state index contributed by atoms with van der Waals surface area (Å²) in [6, 6.07) is 0. The second-order valence-electron chi connectivity index (χ2n) is 4.51. The Morgan fingerprint density at radius 1 is 0.615 bits per heavy atom. The molecule has 0 unspecified atom stereocenters. The van der Waals surface area contributed by atoms with Gasteiger partial charge in [0.05, 0.1) is 0 Å². The second-order valence-corrected chi connectivity index (χ2v) is 5.93. The standard InChI is InChI=1S/C8H5F13O3S.Li/c9-3(10,1-2-4(11,12)13)5(14,15)6(16,17)7(18,19)8(20,21)25(22,23)24;/h1-2H2,(H,22,23,24);/q;+1/p-1. The average Bonchev–Trinajstić information content (AvgIpc) is 2.33. The third-order valence-corrected chi connectivity index (χ3v) is 3.53. The van der Waals surface area contributed by atoms with Crippen LogP contribution < -0.4 is 18.9 Å². The zero-order valence-electron chi connectivity index (χ0n) is 12.0. The van der Waals surface area contributed by atoms with Crippen molar-refractivity contribution in [2.24, 2.45) is 0 Å². The molecule has 0 aromatic rings. The summed E-state index contributed by atoms with van der Waals surface area (Å²) < 4.78 is 193. The van der Waals surface area contributed by atoms with Crippen LogP contribution in [0.1, 0.15) is 12.8 Å². The zero-order valence-corrected chi connectivity index (χ0v) is 12.8. The van der Waals surface area contributed by atoms with Gasteiger partial charge in [0.15, 0.2) is 10.1 Å². The summed E-state index contributed by atoms with van der Waals surface area (Å²) in [5, 5.41) is -7.48. The van der Waals surface area contributed by atoms with E-state index in [9.17, 15) is 70.0 Å². The smallest absolute Gasteiger partial charge is 0.743 e. The molecule has 0 aliphatic carbocycles. The summed E-state index contributed by atoms with van der Waals surface area (Å²) in [5.74, 6) is -30.0. The third kappa shape index (κ3) is 4.53. The molecule has 0 rings (SSSR count). The Morgan fingerprint density at radius 2 is 0.962 bits per heavy atom. The van der Waals surface area contributed by atoms with Gasteiger partial charge in [0.1, 0.15) is 0 Å². The van der Waals surface area contributed by atoms with Crippen LogP contribution in [0.5, 0.6) is 0 Å². The van der Waals surface area contributed by atoms with Gasteiger partial charge in [-0.25, -0.2) is 8.42 Å². The van der Waals surface area contributed by atoms with Crippen molar-refractivity contribution in [3.63, 3.8) is 0 Å². The van der Waals surface area contributed by atoms with Gasteiger partial charge in [0.2, 0.25) is 0 Å². The van der Waals surface area contributed by atoms with Crippen molar-refractivity contribution in [1.29, 1.82) is 0 Å². The molecule has 0 saturated carbocycles. The first-order chi connectivity index (χ1) is 10.5. The molecule has 0 atom stereocenters. The minimum absolute atomic E-state index is 0. The van der Waals surface area contributed by atoms with Crippen LogP contribution in [0.4, 0.5) is 57.1 Å². The summed E-state index contributed by atoms with van der Waals surface area (Å²) in [5.41, 5.74) is 0. The van der Waals surface area contributed by atoms with E-state index in [0.29, 0.717) is 0 Å². The molecule has 0 bridgehead atoms. The van der Waals surface area contributed by atoms with Crippen molar-refractivity contribution in [3.8, 4) is 0 Å². The van der Waals surface area contributed by atoms with Crippen LogP contribution in [0.15, 0.2) is 0 Å². The first-order valence-corrected chi connectivity index (χ1v) is 6.78. The van der Waals surface area contributed by atoms with Gasteiger partial charge in [-0.2, -0.15) is 57.1 Å². The van der Waals surface area contributed by atoms with Crippen molar-refractivity contribution in [3.05, 3.63) is 0 Å². The normalized spacial score (nSPS) is 15.6. The Bertz CT molecular complexity index is 597. The predicted octanol–water partition coefficient (Wildman–Crippen LogP) is 1.01. The quantitative estimate of drug-likeness (QED) is 0.342. The predicted molar refractivity (Wildman–Crippen MR) is 49.7 cm³/mol. The van der Waals surface area contributed by atoms with Crippen molar-refractivity contribution >= 4 is 10.1 Å². The van der Waals surface area contributed by atoms with Crippen LogP contribution in [-0.2, 0) is 10.1 Å². The molecule has 152 valence electrons. The van der Waals surface area contributed by atoms with E-state index >= 15 is 0 Å². The van der Waals surface area contributed by atoms with Crippen LogP contribution in [-0.4, -0.2) is 48.1 Å². The van der Waals surface area contributed by atoms with Crippen molar-refractivity contribution < 1.29 is 88.9 Å². The van der Waals surface area contributed by atoms with E-state index in [1.54, 1.807) is 0 Å². The van der Waals surface area contributed by atoms with Crippen molar-refractivity contribution in [2.75, 3.05) is 0 Å². The first-order valence-electron chi connectivity index (χ1n) is 5.37.